The number of furan rings is 1. The van der Waals surface area contributed by atoms with E-state index in [2.05, 4.69) is 5.32 Å². The summed E-state index contributed by atoms with van der Waals surface area (Å²) < 4.78 is 5.39. The van der Waals surface area contributed by atoms with Crippen LogP contribution >= 0.6 is 0 Å². The van der Waals surface area contributed by atoms with E-state index in [1.54, 1.807) is 6.07 Å². The Morgan fingerprint density at radius 3 is 2.65 bits per heavy atom. The summed E-state index contributed by atoms with van der Waals surface area (Å²) in [5.41, 5.74) is 0. The highest BCUT2D eigenvalue weighted by atomic mass is 16.4. The molecule has 1 aromatic rings. The molecule has 17 heavy (non-hydrogen) atoms. The van der Waals surface area contributed by atoms with Crippen LogP contribution in [0.1, 0.15) is 30.8 Å². The minimum absolute atomic E-state index is 0.0464. The Balaban J connectivity index is 1.72. The van der Waals surface area contributed by atoms with Crippen LogP contribution in [-0.2, 0) is 13.2 Å². The zero-order valence-corrected chi connectivity index (χ0v) is 10.1. The SMILES string of the molecule is OCc1ccc(CNCC2CCCC2CO)o1. The Morgan fingerprint density at radius 1 is 1.18 bits per heavy atom. The van der Waals surface area contributed by atoms with Crippen molar-refractivity contribution in [3.8, 4) is 0 Å². The molecule has 1 fully saturated rings. The Hall–Kier alpha value is -0.840. The van der Waals surface area contributed by atoms with Gasteiger partial charge in [-0.25, -0.2) is 0 Å². The molecule has 1 aromatic heterocycles. The van der Waals surface area contributed by atoms with E-state index in [-0.39, 0.29) is 6.61 Å². The van der Waals surface area contributed by atoms with Gasteiger partial charge in [-0.1, -0.05) is 6.42 Å². The van der Waals surface area contributed by atoms with Crippen LogP contribution in [0.25, 0.3) is 0 Å². The Morgan fingerprint density at radius 2 is 1.94 bits per heavy atom. The summed E-state index contributed by atoms with van der Waals surface area (Å²) in [5, 5.41) is 21.4. The van der Waals surface area contributed by atoms with Crippen molar-refractivity contribution in [3.63, 3.8) is 0 Å². The van der Waals surface area contributed by atoms with Crippen molar-refractivity contribution >= 4 is 0 Å². The van der Waals surface area contributed by atoms with Gasteiger partial charge < -0.3 is 19.9 Å². The van der Waals surface area contributed by atoms with E-state index in [1.807, 2.05) is 6.07 Å². The van der Waals surface area contributed by atoms with Crippen LogP contribution in [0.15, 0.2) is 16.5 Å². The zero-order valence-electron chi connectivity index (χ0n) is 10.1. The average molecular weight is 239 g/mol. The Bertz CT molecular complexity index is 337. The van der Waals surface area contributed by atoms with Gasteiger partial charge >= 0.3 is 0 Å². The molecule has 2 atom stereocenters. The molecule has 0 amide bonds. The highest BCUT2D eigenvalue weighted by Gasteiger charge is 2.25. The largest absolute Gasteiger partial charge is 0.462 e. The highest BCUT2D eigenvalue weighted by molar-refractivity contribution is 5.06. The van der Waals surface area contributed by atoms with Gasteiger partial charge in [0.05, 0.1) is 6.54 Å². The first-order valence-corrected chi connectivity index (χ1v) is 6.33. The lowest BCUT2D eigenvalue weighted by Crippen LogP contribution is -2.26. The maximum atomic E-state index is 9.21. The molecule has 0 saturated heterocycles. The lowest BCUT2D eigenvalue weighted by molar-refractivity contribution is 0.191. The predicted octanol–water partition coefficient (Wildman–Crippen LogP) is 1.27. The average Bonchev–Trinajstić information content (AvgIpc) is 2.97. The van der Waals surface area contributed by atoms with Gasteiger partial charge in [0.1, 0.15) is 18.1 Å². The summed E-state index contributed by atoms with van der Waals surface area (Å²) >= 11 is 0. The van der Waals surface area contributed by atoms with Gasteiger partial charge in [-0.15, -0.1) is 0 Å². The summed E-state index contributed by atoms with van der Waals surface area (Å²) in [7, 11) is 0. The predicted molar refractivity (Wildman–Crippen MR) is 64.3 cm³/mol. The molecule has 1 heterocycles. The monoisotopic (exact) mass is 239 g/mol. The van der Waals surface area contributed by atoms with E-state index in [4.69, 9.17) is 9.52 Å². The topological polar surface area (TPSA) is 65.6 Å². The second-order valence-electron chi connectivity index (χ2n) is 4.79. The number of hydrogen-bond acceptors (Lipinski definition) is 4. The summed E-state index contributed by atoms with van der Waals surface area (Å²) in [6, 6.07) is 3.68. The molecule has 0 spiro atoms. The summed E-state index contributed by atoms with van der Waals surface area (Å²) in [6.07, 6.45) is 3.59. The molecule has 0 aromatic carbocycles. The van der Waals surface area contributed by atoms with Crippen LogP contribution in [0.2, 0.25) is 0 Å². The third kappa shape index (κ3) is 3.31. The van der Waals surface area contributed by atoms with Crippen LogP contribution in [0.4, 0.5) is 0 Å². The first-order chi connectivity index (χ1) is 8.33. The second-order valence-corrected chi connectivity index (χ2v) is 4.79. The number of hydrogen-bond donors (Lipinski definition) is 3. The number of aliphatic hydroxyl groups excluding tert-OH is 2. The maximum Gasteiger partial charge on any atom is 0.129 e. The van der Waals surface area contributed by atoms with Gasteiger partial charge in [0, 0.05) is 6.61 Å². The van der Waals surface area contributed by atoms with E-state index in [0.29, 0.717) is 30.7 Å². The first-order valence-electron chi connectivity index (χ1n) is 6.33. The second kappa shape index (κ2) is 6.19. The van der Waals surface area contributed by atoms with Crippen LogP contribution in [-0.4, -0.2) is 23.4 Å². The molecule has 96 valence electrons. The summed E-state index contributed by atoms with van der Waals surface area (Å²) in [6.45, 7) is 1.88. The molecule has 1 saturated carbocycles. The lowest BCUT2D eigenvalue weighted by Gasteiger charge is -2.17. The van der Waals surface area contributed by atoms with Crippen LogP contribution in [0, 0.1) is 11.8 Å². The third-order valence-corrected chi connectivity index (χ3v) is 3.63. The zero-order chi connectivity index (χ0) is 12.1. The van der Waals surface area contributed by atoms with E-state index >= 15 is 0 Å². The number of rotatable bonds is 6. The molecular formula is C13H21NO3. The molecule has 4 nitrogen and oxygen atoms in total. The van der Waals surface area contributed by atoms with Gasteiger partial charge in [-0.2, -0.15) is 0 Å². The summed E-state index contributed by atoms with van der Waals surface area (Å²) in [5.74, 6) is 2.52. The lowest BCUT2D eigenvalue weighted by atomic mass is 9.97. The third-order valence-electron chi connectivity index (χ3n) is 3.63. The highest BCUT2D eigenvalue weighted by Crippen LogP contribution is 2.30. The van der Waals surface area contributed by atoms with Crippen molar-refractivity contribution in [2.75, 3.05) is 13.2 Å². The van der Waals surface area contributed by atoms with Crippen molar-refractivity contribution < 1.29 is 14.6 Å². The molecule has 0 bridgehead atoms. The van der Waals surface area contributed by atoms with Crippen molar-refractivity contribution in [1.29, 1.82) is 0 Å². The van der Waals surface area contributed by atoms with Crippen molar-refractivity contribution in [1.82, 2.24) is 5.32 Å². The molecule has 0 aliphatic heterocycles. The van der Waals surface area contributed by atoms with Gasteiger partial charge in [-0.05, 0) is 43.4 Å². The van der Waals surface area contributed by atoms with Crippen LogP contribution in [0.5, 0.6) is 0 Å². The van der Waals surface area contributed by atoms with Gasteiger partial charge in [0.25, 0.3) is 0 Å². The summed E-state index contributed by atoms with van der Waals surface area (Å²) in [4.78, 5) is 0. The molecule has 3 N–H and O–H groups in total. The van der Waals surface area contributed by atoms with Crippen molar-refractivity contribution in [3.05, 3.63) is 23.7 Å². The van der Waals surface area contributed by atoms with Crippen molar-refractivity contribution in [2.24, 2.45) is 11.8 Å². The first kappa shape index (κ1) is 12.6. The molecular weight excluding hydrogens is 218 g/mol. The van der Waals surface area contributed by atoms with Gasteiger partial charge in [-0.3, -0.25) is 0 Å². The van der Waals surface area contributed by atoms with Crippen molar-refractivity contribution in [2.45, 2.75) is 32.4 Å². The Kier molecular flexibility index (Phi) is 4.59. The molecule has 0 radical (unpaired) electrons. The van der Waals surface area contributed by atoms with E-state index in [0.717, 1.165) is 18.7 Å². The fourth-order valence-electron chi connectivity index (χ4n) is 2.61. The van der Waals surface area contributed by atoms with E-state index in [9.17, 15) is 5.11 Å². The van der Waals surface area contributed by atoms with Crippen LogP contribution in [0.3, 0.4) is 0 Å². The molecule has 2 unspecified atom stereocenters. The minimum atomic E-state index is -0.0464. The quantitative estimate of drug-likeness (QED) is 0.699. The van der Waals surface area contributed by atoms with Crippen LogP contribution < -0.4 is 5.32 Å². The molecule has 1 aliphatic carbocycles. The maximum absolute atomic E-state index is 9.21. The fraction of sp³-hybridized carbons (Fsp3) is 0.692. The normalized spacial score (nSPS) is 24.4. The smallest absolute Gasteiger partial charge is 0.129 e. The van der Waals surface area contributed by atoms with Gasteiger partial charge in [0.15, 0.2) is 0 Å². The van der Waals surface area contributed by atoms with E-state index in [1.165, 1.54) is 12.8 Å². The van der Waals surface area contributed by atoms with Gasteiger partial charge in [0.2, 0.25) is 0 Å². The Labute approximate surface area is 102 Å². The molecule has 4 heteroatoms. The number of aliphatic hydroxyl groups is 2. The fourth-order valence-corrected chi connectivity index (χ4v) is 2.61. The number of nitrogens with one attached hydrogen (secondary N) is 1. The standard InChI is InChI=1S/C13H21NO3/c15-8-11-3-1-2-10(11)6-14-7-12-4-5-13(9-16)17-12/h4-5,10-11,14-16H,1-3,6-9H2. The van der Waals surface area contributed by atoms with E-state index < -0.39 is 0 Å². The molecule has 1 aliphatic rings. The minimum Gasteiger partial charge on any atom is -0.462 e. The molecule has 2 rings (SSSR count).